The minimum Gasteiger partial charge on any atom is -0.464 e. The fraction of sp³-hybridized carbons (Fsp3) is 0.579. The standard InChI is InChI=1S/C19H22ClF3N2O5S/c20-16-4-3-14(12-15(16)19(21,22)23)31(28,29)25-8-5-13(6-9-25)18(27)30-11-10-24-7-1-2-17(24)26/h3-4,12-13H,1-2,5-11H2. The van der Waals surface area contributed by atoms with Gasteiger partial charge in [0.05, 0.1) is 27.9 Å². The summed E-state index contributed by atoms with van der Waals surface area (Å²) in [6, 6.07) is 2.47. The molecule has 3 rings (SSSR count). The van der Waals surface area contributed by atoms with E-state index in [9.17, 15) is 31.2 Å². The number of sulfonamides is 1. The Kier molecular flexibility index (Phi) is 7.17. The largest absolute Gasteiger partial charge is 0.464 e. The second-order valence-electron chi connectivity index (χ2n) is 7.47. The van der Waals surface area contributed by atoms with Crippen LogP contribution in [0.4, 0.5) is 13.2 Å². The lowest BCUT2D eigenvalue weighted by atomic mass is 9.98. The number of alkyl halides is 3. The van der Waals surface area contributed by atoms with Crippen LogP contribution in [0.3, 0.4) is 0 Å². The molecule has 1 aromatic carbocycles. The molecule has 172 valence electrons. The van der Waals surface area contributed by atoms with Gasteiger partial charge in [-0.25, -0.2) is 8.42 Å². The molecule has 0 saturated carbocycles. The van der Waals surface area contributed by atoms with Crippen LogP contribution in [-0.4, -0.2) is 62.3 Å². The second kappa shape index (κ2) is 9.33. The Hall–Kier alpha value is -1.85. The highest BCUT2D eigenvalue weighted by atomic mass is 35.5. The van der Waals surface area contributed by atoms with E-state index < -0.39 is 43.6 Å². The molecule has 0 aromatic heterocycles. The van der Waals surface area contributed by atoms with Crippen molar-refractivity contribution >= 4 is 33.5 Å². The Morgan fingerprint density at radius 1 is 1.19 bits per heavy atom. The van der Waals surface area contributed by atoms with Crippen LogP contribution >= 0.6 is 11.6 Å². The molecule has 2 saturated heterocycles. The molecule has 0 atom stereocenters. The van der Waals surface area contributed by atoms with E-state index >= 15 is 0 Å². The Balaban J connectivity index is 1.56. The van der Waals surface area contributed by atoms with E-state index in [1.54, 1.807) is 4.90 Å². The van der Waals surface area contributed by atoms with Gasteiger partial charge in [-0.05, 0) is 37.5 Å². The molecule has 2 aliphatic rings. The third-order valence-electron chi connectivity index (χ3n) is 5.45. The van der Waals surface area contributed by atoms with E-state index in [1.165, 1.54) is 0 Å². The van der Waals surface area contributed by atoms with Gasteiger partial charge in [-0.3, -0.25) is 9.59 Å². The van der Waals surface area contributed by atoms with Crippen LogP contribution < -0.4 is 0 Å². The van der Waals surface area contributed by atoms with Gasteiger partial charge in [0.25, 0.3) is 0 Å². The third kappa shape index (κ3) is 5.50. The molecular weight excluding hydrogens is 461 g/mol. The molecule has 0 aliphatic carbocycles. The lowest BCUT2D eigenvalue weighted by molar-refractivity contribution is -0.151. The van der Waals surface area contributed by atoms with Crippen molar-refractivity contribution in [3.63, 3.8) is 0 Å². The van der Waals surface area contributed by atoms with Crippen molar-refractivity contribution in [2.24, 2.45) is 5.92 Å². The first-order valence-corrected chi connectivity index (χ1v) is 11.6. The van der Waals surface area contributed by atoms with Gasteiger partial charge in [-0.2, -0.15) is 17.5 Å². The summed E-state index contributed by atoms with van der Waals surface area (Å²) in [5.41, 5.74) is -1.22. The molecule has 0 spiro atoms. The molecule has 12 heteroatoms. The minimum absolute atomic E-state index is 0.0172. The van der Waals surface area contributed by atoms with Gasteiger partial charge in [-0.1, -0.05) is 11.6 Å². The van der Waals surface area contributed by atoms with Crippen molar-refractivity contribution in [3.8, 4) is 0 Å². The molecule has 1 aromatic rings. The second-order valence-corrected chi connectivity index (χ2v) is 9.81. The summed E-state index contributed by atoms with van der Waals surface area (Å²) in [7, 11) is -4.17. The van der Waals surface area contributed by atoms with Gasteiger partial charge in [0, 0.05) is 26.1 Å². The lowest BCUT2D eigenvalue weighted by Gasteiger charge is -2.30. The van der Waals surface area contributed by atoms with Crippen LogP contribution in [0.5, 0.6) is 0 Å². The number of likely N-dealkylation sites (tertiary alicyclic amines) is 1. The summed E-state index contributed by atoms with van der Waals surface area (Å²) < 4.78 is 71.0. The number of piperidine rings is 1. The predicted molar refractivity (Wildman–Crippen MR) is 105 cm³/mol. The van der Waals surface area contributed by atoms with E-state index in [-0.39, 0.29) is 38.4 Å². The SMILES string of the molecule is O=C(OCCN1CCCC1=O)C1CCN(S(=O)(=O)c2ccc(Cl)c(C(F)(F)F)c2)CC1. The van der Waals surface area contributed by atoms with Gasteiger partial charge in [0.1, 0.15) is 6.61 Å². The Labute approximate surface area is 183 Å². The maximum absolute atomic E-state index is 13.1. The third-order valence-corrected chi connectivity index (χ3v) is 7.67. The van der Waals surface area contributed by atoms with E-state index in [4.69, 9.17) is 16.3 Å². The van der Waals surface area contributed by atoms with E-state index in [2.05, 4.69) is 0 Å². The molecule has 7 nitrogen and oxygen atoms in total. The highest BCUT2D eigenvalue weighted by Gasteiger charge is 2.37. The van der Waals surface area contributed by atoms with Gasteiger partial charge < -0.3 is 9.64 Å². The van der Waals surface area contributed by atoms with Gasteiger partial charge in [-0.15, -0.1) is 0 Å². The fourth-order valence-electron chi connectivity index (χ4n) is 3.68. The molecule has 1 amide bonds. The minimum atomic E-state index is -4.78. The van der Waals surface area contributed by atoms with Crippen molar-refractivity contribution in [2.45, 2.75) is 36.8 Å². The molecule has 0 radical (unpaired) electrons. The molecule has 0 unspecified atom stereocenters. The number of carbonyl (C=O) groups is 2. The van der Waals surface area contributed by atoms with Crippen LogP contribution in [0.15, 0.2) is 23.1 Å². The van der Waals surface area contributed by atoms with Gasteiger partial charge in [0.15, 0.2) is 0 Å². The summed E-state index contributed by atoms with van der Waals surface area (Å²) in [6.45, 7) is 1.02. The summed E-state index contributed by atoms with van der Waals surface area (Å²) in [6.07, 6.45) is -3.10. The number of benzene rings is 1. The van der Waals surface area contributed by atoms with Crippen molar-refractivity contribution in [1.29, 1.82) is 0 Å². The first-order chi connectivity index (χ1) is 14.5. The first kappa shape index (κ1) is 23.8. The smallest absolute Gasteiger partial charge is 0.417 e. The summed E-state index contributed by atoms with van der Waals surface area (Å²) in [5, 5.41) is -0.580. The fourth-order valence-corrected chi connectivity index (χ4v) is 5.40. The normalized spacial score (nSPS) is 19.1. The molecule has 2 aliphatic heterocycles. The van der Waals surface area contributed by atoms with E-state index in [0.29, 0.717) is 25.6 Å². The maximum atomic E-state index is 13.1. The van der Waals surface area contributed by atoms with Crippen LogP contribution in [-0.2, 0) is 30.5 Å². The molecule has 0 bridgehead atoms. The van der Waals surface area contributed by atoms with E-state index in [0.717, 1.165) is 22.9 Å². The van der Waals surface area contributed by atoms with Crippen molar-refractivity contribution < 1.29 is 35.9 Å². The molecule has 2 heterocycles. The zero-order chi connectivity index (χ0) is 22.8. The molecule has 31 heavy (non-hydrogen) atoms. The maximum Gasteiger partial charge on any atom is 0.417 e. The predicted octanol–water partition coefficient (Wildman–Crippen LogP) is 2.93. The topological polar surface area (TPSA) is 84.0 Å². The Morgan fingerprint density at radius 2 is 1.87 bits per heavy atom. The molecular formula is C19H22ClF3N2O5S. The highest BCUT2D eigenvalue weighted by Crippen LogP contribution is 2.36. The van der Waals surface area contributed by atoms with Gasteiger partial charge >= 0.3 is 12.1 Å². The number of amides is 1. The van der Waals surface area contributed by atoms with Crippen molar-refractivity contribution in [2.75, 3.05) is 32.8 Å². The summed E-state index contributed by atoms with van der Waals surface area (Å²) >= 11 is 5.56. The quantitative estimate of drug-likeness (QED) is 0.582. The number of hydrogen-bond acceptors (Lipinski definition) is 5. The van der Waals surface area contributed by atoms with Crippen LogP contribution in [0.25, 0.3) is 0 Å². The number of nitrogens with zero attached hydrogens (tertiary/aromatic N) is 2. The van der Waals surface area contributed by atoms with Crippen LogP contribution in [0.1, 0.15) is 31.2 Å². The highest BCUT2D eigenvalue weighted by molar-refractivity contribution is 7.89. The number of ether oxygens (including phenoxy) is 1. The summed E-state index contributed by atoms with van der Waals surface area (Å²) in [4.78, 5) is 24.9. The van der Waals surface area contributed by atoms with Crippen molar-refractivity contribution in [3.05, 3.63) is 28.8 Å². The Bertz CT molecular complexity index is 946. The first-order valence-electron chi connectivity index (χ1n) is 9.81. The number of halogens is 4. The van der Waals surface area contributed by atoms with Crippen LogP contribution in [0, 0.1) is 5.92 Å². The number of esters is 1. The Morgan fingerprint density at radius 3 is 2.45 bits per heavy atom. The monoisotopic (exact) mass is 482 g/mol. The zero-order valence-electron chi connectivity index (χ0n) is 16.5. The van der Waals surface area contributed by atoms with Gasteiger partial charge in [0.2, 0.25) is 15.9 Å². The molecule has 2 fully saturated rings. The lowest BCUT2D eigenvalue weighted by Crippen LogP contribution is -2.41. The zero-order valence-corrected chi connectivity index (χ0v) is 18.1. The van der Waals surface area contributed by atoms with E-state index in [1.807, 2.05) is 0 Å². The number of hydrogen-bond donors (Lipinski definition) is 0. The average Bonchev–Trinajstić information content (AvgIpc) is 3.12. The molecule has 0 N–H and O–H groups in total. The number of carbonyl (C=O) groups excluding carboxylic acids is 2. The van der Waals surface area contributed by atoms with Crippen molar-refractivity contribution in [1.82, 2.24) is 9.21 Å². The number of rotatable bonds is 6. The average molecular weight is 483 g/mol. The van der Waals surface area contributed by atoms with Crippen LogP contribution in [0.2, 0.25) is 5.02 Å². The summed E-state index contributed by atoms with van der Waals surface area (Å²) in [5.74, 6) is -0.934.